The van der Waals surface area contributed by atoms with Crippen LogP contribution >= 0.6 is 0 Å². The van der Waals surface area contributed by atoms with E-state index in [4.69, 9.17) is 4.74 Å². The maximum absolute atomic E-state index is 4.99. The molecule has 0 radical (unpaired) electrons. The van der Waals surface area contributed by atoms with Crippen LogP contribution in [0, 0.1) is 11.8 Å². The van der Waals surface area contributed by atoms with Gasteiger partial charge in [-0.15, -0.1) is 0 Å². The number of nitrogens with zero attached hydrogens (tertiary/aromatic N) is 1. The van der Waals surface area contributed by atoms with E-state index in [1.165, 1.54) is 38.9 Å². The quantitative estimate of drug-likeness (QED) is 0.626. The summed E-state index contributed by atoms with van der Waals surface area (Å²) in [6.07, 6.45) is 4.01. The molecule has 1 unspecified atom stereocenters. The second-order valence-electron chi connectivity index (χ2n) is 5.54. The van der Waals surface area contributed by atoms with Crippen LogP contribution in [0.5, 0.6) is 0 Å². The van der Waals surface area contributed by atoms with Crippen molar-refractivity contribution in [1.29, 1.82) is 0 Å². The number of ether oxygens (including phenoxy) is 1. The summed E-state index contributed by atoms with van der Waals surface area (Å²) in [6.45, 7) is 11.6. The van der Waals surface area contributed by atoms with Crippen LogP contribution in [0.15, 0.2) is 0 Å². The van der Waals surface area contributed by atoms with Crippen LogP contribution in [0.4, 0.5) is 0 Å². The molecule has 3 heteroatoms. The van der Waals surface area contributed by atoms with Crippen molar-refractivity contribution in [3.8, 4) is 0 Å². The zero-order chi connectivity index (χ0) is 12.5. The molecule has 0 aliphatic carbocycles. The number of likely N-dealkylation sites (tertiary alicyclic amines) is 1. The van der Waals surface area contributed by atoms with Crippen molar-refractivity contribution in [1.82, 2.24) is 10.2 Å². The molecule has 0 amide bonds. The van der Waals surface area contributed by atoms with Gasteiger partial charge in [0, 0.05) is 20.2 Å². The lowest BCUT2D eigenvalue weighted by Gasteiger charge is -2.17. The van der Waals surface area contributed by atoms with Crippen molar-refractivity contribution in [3.63, 3.8) is 0 Å². The first kappa shape index (κ1) is 14.9. The molecule has 3 nitrogen and oxygen atoms in total. The molecular weight excluding hydrogens is 212 g/mol. The Balaban J connectivity index is 1.90. The minimum Gasteiger partial charge on any atom is -0.383 e. The molecule has 0 aromatic carbocycles. The molecule has 1 aliphatic heterocycles. The molecular formula is C14H30N2O. The lowest BCUT2D eigenvalue weighted by molar-refractivity contribution is 0.199. The first-order chi connectivity index (χ1) is 8.24. The highest BCUT2D eigenvalue weighted by Gasteiger charge is 2.23. The van der Waals surface area contributed by atoms with Crippen molar-refractivity contribution in [2.24, 2.45) is 11.8 Å². The minimum atomic E-state index is 0.822. The van der Waals surface area contributed by atoms with Crippen LogP contribution in [0.2, 0.25) is 0 Å². The Morgan fingerprint density at radius 1 is 1.29 bits per heavy atom. The average Bonchev–Trinajstić information content (AvgIpc) is 2.77. The highest BCUT2D eigenvalue weighted by Crippen LogP contribution is 2.23. The van der Waals surface area contributed by atoms with Gasteiger partial charge in [-0.05, 0) is 50.7 Å². The number of methoxy groups -OCH3 is 1. The Bertz CT molecular complexity index is 185. The van der Waals surface area contributed by atoms with Crippen molar-refractivity contribution < 1.29 is 4.74 Å². The minimum absolute atomic E-state index is 0.822. The standard InChI is InChI=1S/C14H30N2O/c1-13(2)14-6-10-16(12-14)9-5-4-7-15-8-11-17-3/h13-15H,4-12H2,1-3H3. The zero-order valence-electron chi connectivity index (χ0n) is 11.9. The van der Waals surface area contributed by atoms with Gasteiger partial charge in [-0.2, -0.15) is 0 Å². The summed E-state index contributed by atoms with van der Waals surface area (Å²) in [5.74, 6) is 1.80. The van der Waals surface area contributed by atoms with Gasteiger partial charge in [-0.25, -0.2) is 0 Å². The van der Waals surface area contributed by atoms with E-state index in [1.54, 1.807) is 7.11 Å². The van der Waals surface area contributed by atoms with Gasteiger partial charge in [0.1, 0.15) is 0 Å². The van der Waals surface area contributed by atoms with Crippen molar-refractivity contribution >= 4 is 0 Å². The largest absolute Gasteiger partial charge is 0.383 e. The van der Waals surface area contributed by atoms with E-state index in [9.17, 15) is 0 Å². The molecule has 1 atom stereocenters. The molecule has 0 bridgehead atoms. The van der Waals surface area contributed by atoms with Crippen molar-refractivity contribution in [3.05, 3.63) is 0 Å². The lowest BCUT2D eigenvalue weighted by atomic mass is 9.95. The second-order valence-corrected chi connectivity index (χ2v) is 5.54. The van der Waals surface area contributed by atoms with Gasteiger partial charge >= 0.3 is 0 Å². The van der Waals surface area contributed by atoms with Crippen LogP contribution in [0.1, 0.15) is 33.1 Å². The maximum Gasteiger partial charge on any atom is 0.0587 e. The summed E-state index contributed by atoms with van der Waals surface area (Å²) < 4.78 is 4.99. The van der Waals surface area contributed by atoms with Gasteiger partial charge in [0.2, 0.25) is 0 Å². The van der Waals surface area contributed by atoms with Gasteiger partial charge in [0.15, 0.2) is 0 Å². The third-order valence-corrected chi connectivity index (χ3v) is 3.81. The highest BCUT2D eigenvalue weighted by atomic mass is 16.5. The van der Waals surface area contributed by atoms with E-state index in [0.717, 1.165) is 31.5 Å². The Kier molecular flexibility index (Phi) is 7.82. The number of hydrogen-bond donors (Lipinski definition) is 1. The first-order valence-electron chi connectivity index (χ1n) is 7.16. The lowest BCUT2D eigenvalue weighted by Crippen LogP contribution is -2.25. The Morgan fingerprint density at radius 2 is 2.12 bits per heavy atom. The fraction of sp³-hybridized carbons (Fsp3) is 1.00. The van der Waals surface area contributed by atoms with E-state index in [0.29, 0.717) is 0 Å². The van der Waals surface area contributed by atoms with Crippen LogP contribution < -0.4 is 5.32 Å². The zero-order valence-corrected chi connectivity index (χ0v) is 11.9. The molecule has 0 aromatic heterocycles. The van der Waals surface area contributed by atoms with Gasteiger partial charge in [0.05, 0.1) is 6.61 Å². The molecule has 17 heavy (non-hydrogen) atoms. The molecule has 0 saturated carbocycles. The maximum atomic E-state index is 4.99. The predicted molar refractivity (Wildman–Crippen MR) is 73.4 cm³/mol. The number of hydrogen-bond acceptors (Lipinski definition) is 3. The number of unbranched alkanes of at least 4 members (excludes halogenated alkanes) is 1. The van der Waals surface area contributed by atoms with Crippen molar-refractivity contribution in [2.75, 3.05) is 46.4 Å². The summed E-state index contributed by atoms with van der Waals surface area (Å²) in [5, 5.41) is 3.40. The fourth-order valence-corrected chi connectivity index (χ4v) is 2.49. The Labute approximate surface area is 107 Å². The number of rotatable bonds is 9. The normalized spacial score (nSPS) is 21.5. The van der Waals surface area contributed by atoms with E-state index in [-0.39, 0.29) is 0 Å². The van der Waals surface area contributed by atoms with Gasteiger partial charge in [-0.1, -0.05) is 13.8 Å². The molecule has 0 spiro atoms. The summed E-state index contributed by atoms with van der Waals surface area (Å²) in [5.41, 5.74) is 0. The average molecular weight is 242 g/mol. The summed E-state index contributed by atoms with van der Waals surface area (Å²) in [4.78, 5) is 2.64. The van der Waals surface area contributed by atoms with Crippen LogP contribution in [-0.2, 0) is 4.74 Å². The molecule has 0 aromatic rings. The van der Waals surface area contributed by atoms with Gasteiger partial charge in [-0.3, -0.25) is 0 Å². The fourth-order valence-electron chi connectivity index (χ4n) is 2.49. The number of nitrogens with one attached hydrogen (secondary N) is 1. The Hall–Kier alpha value is -0.120. The molecule has 1 fully saturated rings. The van der Waals surface area contributed by atoms with Gasteiger partial charge < -0.3 is 15.0 Å². The SMILES string of the molecule is COCCNCCCCN1CCC(C(C)C)C1. The van der Waals surface area contributed by atoms with E-state index < -0.39 is 0 Å². The Morgan fingerprint density at radius 3 is 2.76 bits per heavy atom. The predicted octanol–water partition coefficient (Wildman–Crippen LogP) is 1.98. The van der Waals surface area contributed by atoms with E-state index in [1.807, 2.05) is 0 Å². The molecule has 1 N–H and O–H groups in total. The molecule has 102 valence electrons. The second kappa shape index (κ2) is 8.90. The topological polar surface area (TPSA) is 24.5 Å². The molecule has 1 rings (SSSR count). The van der Waals surface area contributed by atoms with Crippen molar-refractivity contribution in [2.45, 2.75) is 33.1 Å². The van der Waals surface area contributed by atoms with E-state index >= 15 is 0 Å². The summed E-state index contributed by atoms with van der Waals surface area (Å²) >= 11 is 0. The van der Waals surface area contributed by atoms with Crippen LogP contribution in [0.25, 0.3) is 0 Å². The van der Waals surface area contributed by atoms with Crippen LogP contribution in [0.3, 0.4) is 0 Å². The third kappa shape index (κ3) is 6.39. The summed E-state index contributed by atoms with van der Waals surface area (Å²) in [6, 6.07) is 0. The summed E-state index contributed by atoms with van der Waals surface area (Å²) in [7, 11) is 1.75. The third-order valence-electron chi connectivity index (χ3n) is 3.81. The molecule has 1 aliphatic rings. The molecule has 1 saturated heterocycles. The monoisotopic (exact) mass is 242 g/mol. The van der Waals surface area contributed by atoms with Gasteiger partial charge in [0.25, 0.3) is 0 Å². The van der Waals surface area contributed by atoms with Crippen LogP contribution in [-0.4, -0.2) is 51.3 Å². The smallest absolute Gasteiger partial charge is 0.0587 e. The molecule has 1 heterocycles. The highest BCUT2D eigenvalue weighted by molar-refractivity contribution is 4.77. The van der Waals surface area contributed by atoms with E-state index in [2.05, 4.69) is 24.1 Å². The first-order valence-corrected chi connectivity index (χ1v) is 7.16.